The fourth-order valence-electron chi connectivity index (χ4n) is 5.56. The van der Waals surface area contributed by atoms with Crippen LogP contribution in [0, 0.1) is 0 Å². The minimum Gasteiger partial charge on any atom is -0.480 e. The Balaban J connectivity index is 3.89. The van der Waals surface area contributed by atoms with Crippen molar-refractivity contribution >= 4 is 25.7 Å². The van der Waals surface area contributed by atoms with Gasteiger partial charge >= 0.3 is 19.8 Å². The topological polar surface area (TPSA) is 169 Å². The first-order chi connectivity index (χ1) is 26.1. The molecule has 0 aliphatic heterocycles. The summed E-state index contributed by atoms with van der Waals surface area (Å²) in [6.07, 6.45) is 38.9. The maximum absolute atomic E-state index is 12.2. The van der Waals surface area contributed by atoms with Gasteiger partial charge in [0.15, 0.2) is 6.04 Å². The van der Waals surface area contributed by atoms with Crippen LogP contribution >= 0.6 is 7.82 Å². The predicted molar refractivity (Wildman–Crippen MR) is 217 cm³/mol. The number of carbonyl (C=O) groups is 3. The fourth-order valence-corrected chi connectivity index (χ4v) is 6.33. The van der Waals surface area contributed by atoms with E-state index in [-0.39, 0.29) is 12.8 Å². The van der Waals surface area contributed by atoms with Crippen LogP contribution in [0.3, 0.4) is 0 Å². The summed E-state index contributed by atoms with van der Waals surface area (Å²) in [5.41, 5.74) is 0. The number of ether oxygens (including phenoxy) is 1. The molecule has 54 heavy (non-hydrogen) atoms. The Morgan fingerprint density at radius 2 is 1.04 bits per heavy atom. The van der Waals surface area contributed by atoms with Crippen LogP contribution in [0.4, 0.5) is 0 Å². The highest BCUT2D eigenvalue weighted by Crippen LogP contribution is 2.43. The highest BCUT2D eigenvalue weighted by atomic mass is 31.2. The molecule has 0 aromatic rings. The van der Waals surface area contributed by atoms with E-state index in [4.69, 9.17) is 13.8 Å². The number of carboxylic acids is 1. The Bertz CT molecular complexity index is 1060. The van der Waals surface area contributed by atoms with Crippen molar-refractivity contribution < 1.29 is 47.8 Å². The molecule has 4 N–H and O–H groups in total. The maximum Gasteiger partial charge on any atom is 0.472 e. The Morgan fingerprint density at radius 3 is 1.57 bits per heavy atom. The first-order valence-corrected chi connectivity index (χ1v) is 22.5. The molecule has 0 aliphatic rings. The van der Waals surface area contributed by atoms with E-state index in [1.54, 1.807) is 0 Å². The molecule has 0 aliphatic carbocycles. The van der Waals surface area contributed by atoms with Gasteiger partial charge in [-0.25, -0.2) is 9.36 Å². The first-order valence-electron chi connectivity index (χ1n) is 21.0. The molecule has 0 heterocycles. The van der Waals surface area contributed by atoms with Crippen LogP contribution in [0.2, 0.25) is 0 Å². The molecule has 11 nitrogen and oxygen atoms in total. The largest absolute Gasteiger partial charge is 0.480 e. The lowest BCUT2D eigenvalue weighted by Crippen LogP contribution is -2.43. The van der Waals surface area contributed by atoms with Crippen molar-refractivity contribution in [3.05, 3.63) is 36.5 Å². The van der Waals surface area contributed by atoms with E-state index in [1.165, 1.54) is 70.6 Å². The van der Waals surface area contributed by atoms with Crippen LogP contribution in [0.5, 0.6) is 0 Å². The van der Waals surface area contributed by atoms with Gasteiger partial charge < -0.3 is 25.2 Å². The Hall–Kier alpha value is -2.30. The van der Waals surface area contributed by atoms with Crippen molar-refractivity contribution in [2.45, 2.75) is 193 Å². The molecular formula is C42H76NO10P. The molecule has 12 heteroatoms. The average molecular weight is 786 g/mol. The third kappa shape index (κ3) is 36.7. The van der Waals surface area contributed by atoms with E-state index in [0.29, 0.717) is 12.8 Å². The van der Waals surface area contributed by atoms with Crippen molar-refractivity contribution in [2.75, 3.05) is 19.8 Å². The van der Waals surface area contributed by atoms with Crippen LogP contribution in [0.25, 0.3) is 0 Å². The molecule has 0 fully saturated rings. The van der Waals surface area contributed by atoms with Gasteiger partial charge in [-0.3, -0.25) is 18.6 Å². The molecule has 0 rings (SSSR count). The Kier molecular flexibility index (Phi) is 36.0. The van der Waals surface area contributed by atoms with Gasteiger partial charge in [-0.2, -0.15) is 0 Å². The summed E-state index contributed by atoms with van der Waals surface area (Å²) in [5.74, 6) is -2.39. The first kappa shape index (κ1) is 51.7. The van der Waals surface area contributed by atoms with Gasteiger partial charge in [-0.05, 0) is 64.2 Å². The summed E-state index contributed by atoms with van der Waals surface area (Å²) in [7, 11) is -4.75. The summed E-state index contributed by atoms with van der Waals surface area (Å²) < 4.78 is 26.8. The molecule has 0 bridgehead atoms. The predicted octanol–water partition coefficient (Wildman–Crippen LogP) is 10.4. The number of aliphatic hydroxyl groups is 1. The number of aliphatic carboxylic acids is 1. The number of carbonyl (C=O) groups excluding carboxylic acids is 2. The molecule has 1 amide bonds. The second-order valence-electron chi connectivity index (χ2n) is 14.2. The molecule has 0 aromatic heterocycles. The van der Waals surface area contributed by atoms with E-state index < -0.39 is 57.6 Å². The van der Waals surface area contributed by atoms with Crippen molar-refractivity contribution in [2.24, 2.45) is 0 Å². The minimum absolute atomic E-state index is 0.135. The van der Waals surface area contributed by atoms with Gasteiger partial charge in [0, 0.05) is 12.8 Å². The zero-order valence-corrected chi connectivity index (χ0v) is 34.7. The molecule has 0 spiro atoms. The van der Waals surface area contributed by atoms with Crippen LogP contribution in [-0.2, 0) is 32.7 Å². The number of aliphatic hydroxyl groups excluding tert-OH is 1. The molecule has 0 aromatic carbocycles. The number of unbranched alkanes of at least 4 members (excludes halogenated alkanes) is 19. The lowest BCUT2D eigenvalue weighted by molar-refractivity contribution is -0.147. The molecule has 0 radical (unpaired) electrons. The molecule has 0 saturated heterocycles. The van der Waals surface area contributed by atoms with Crippen LogP contribution in [0.1, 0.15) is 181 Å². The van der Waals surface area contributed by atoms with Crippen molar-refractivity contribution in [3.63, 3.8) is 0 Å². The number of allylic oxidation sites excluding steroid dienone is 6. The number of carboxylic acid groups (broad SMARTS) is 1. The summed E-state index contributed by atoms with van der Waals surface area (Å²) in [6, 6.07) is -1.55. The molecule has 3 atom stereocenters. The average Bonchev–Trinajstić information content (AvgIpc) is 3.14. The number of amides is 1. The minimum atomic E-state index is -4.75. The smallest absolute Gasteiger partial charge is 0.472 e. The van der Waals surface area contributed by atoms with Crippen molar-refractivity contribution in [1.29, 1.82) is 0 Å². The van der Waals surface area contributed by atoms with Crippen LogP contribution in [-0.4, -0.2) is 64.9 Å². The summed E-state index contributed by atoms with van der Waals surface area (Å²) >= 11 is 0. The van der Waals surface area contributed by atoms with Gasteiger partial charge in [-0.15, -0.1) is 0 Å². The van der Waals surface area contributed by atoms with Crippen molar-refractivity contribution in [3.8, 4) is 0 Å². The molecule has 314 valence electrons. The van der Waals surface area contributed by atoms with E-state index >= 15 is 0 Å². The third-order valence-corrected chi connectivity index (χ3v) is 9.85. The highest BCUT2D eigenvalue weighted by Gasteiger charge is 2.28. The maximum atomic E-state index is 12.2. The Labute approximate surface area is 327 Å². The number of hydrogen-bond donors (Lipinski definition) is 4. The van der Waals surface area contributed by atoms with Gasteiger partial charge in [0.2, 0.25) is 5.91 Å². The fraction of sp³-hybridized carbons (Fsp3) is 0.786. The van der Waals surface area contributed by atoms with Crippen LogP contribution < -0.4 is 5.32 Å². The number of phosphoric ester groups is 1. The second kappa shape index (κ2) is 37.6. The SMILES string of the molecule is CCCC/C=C\CCCCCCCC(=O)NC(COP(=O)(O)OCC(O)COC(=O)CCCCCCCCCCC/C=C\C/C=C\CCCCC)C(=O)O. The lowest BCUT2D eigenvalue weighted by Gasteiger charge is -2.18. The number of phosphoric acid groups is 1. The lowest BCUT2D eigenvalue weighted by atomic mass is 10.1. The summed E-state index contributed by atoms with van der Waals surface area (Å²) in [4.78, 5) is 45.8. The van der Waals surface area contributed by atoms with Gasteiger partial charge in [0.1, 0.15) is 12.7 Å². The Morgan fingerprint density at radius 1 is 0.593 bits per heavy atom. The van der Waals surface area contributed by atoms with E-state index in [1.807, 2.05) is 0 Å². The van der Waals surface area contributed by atoms with E-state index in [0.717, 1.165) is 70.6 Å². The number of rotatable bonds is 39. The van der Waals surface area contributed by atoms with E-state index in [9.17, 15) is 34.1 Å². The van der Waals surface area contributed by atoms with Gasteiger partial charge in [0.25, 0.3) is 0 Å². The molecule has 0 saturated carbocycles. The summed E-state index contributed by atoms with van der Waals surface area (Å²) in [5, 5.41) is 21.8. The zero-order chi connectivity index (χ0) is 40.0. The molecular weight excluding hydrogens is 709 g/mol. The van der Waals surface area contributed by atoms with Crippen molar-refractivity contribution in [1.82, 2.24) is 5.32 Å². The number of hydrogen-bond acceptors (Lipinski definition) is 8. The standard InChI is InChI=1S/C42H76NO10P/c1-3-5-7-9-11-13-15-16-17-18-19-20-21-22-24-26-28-30-32-34-41(46)51-35-38(44)36-52-54(49,50)53-37-39(42(47)48)43-40(45)33-31-29-27-25-23-14-12-10-8-6-4-2/h10-13,16-17,38-39,44H,3-9,14-15,18-37H2,1-2H3,(H,43,45)(H,47,48)(H,49,50)/b12-10-,13-11-,17-16-. The zero-order valence-electron chi connectivity index (χ0n) is 33.8. The monoisotopic (exact) mass is 786 g/mol. The number of esters is 1. The second-order valence-corrected chi connectivity index (χ2v) is 15.6. The quantitative estimate of drug-likeness (QED) is 0.0204. The molecule has 3 unspecified atom stereocenters. The number of nitrogens with one attached hydrogen (secondary N) is 1. The van der Waals surface area contributed by atoms with E-state index in [2.05, 4.69) is 55.6 Å². The van der Waals surface area contributed by atoms with Gasteiger partial charge in [-0.1, -0.05) is 140 Å². The third-order valence-electron chi connectivity index (χ3n) is 8.90. The normalized spacial score (nSPS) is 14.1. The van der Waals surface area contributed by atoms with Crippen LogP contribution in [0.15, 0.2) is 36.5 Å². The summed E-state index contributed by atoms with van der Waals surface area (Å²) in [6.45, 7) is 2.50. The highest BCUT2D eigenvalue weighted by molar-refractivity contribution is 7.47. The van der Waals surface area contributed by atoms with Gasteiger partial charge in [0.05, 0.1) is 13.2 Å².